The van der Waals surface area contributed by atoms with E-state index in [-0.39, 0.29) is 29.4 Å². The van der Waals surface area contributed by atoms with Crippen molar-refractivity contribution in [2.75, 3.05) is 19.4 Å². The fraction of sp³-hybridized carbons (Fsp3) is 0.714. The molecule has 0 aliphatic heterocycles. The average Bonchev–Trinajstić information content (AvgIpc) is 2.99. The van der Waals surface area contributed by atoms with Gasteiger partial charge in [0.05, 0.1) is 9.82 Å². The summed E-state index contributed by atoms with van der Waals surface area (Å²) in [6.07, 6.45) is 6.89. The first-order chi connectivity index (χ1) is 20.4. The van der Waals surface area contributed by atoms with Crippen LogP contribution in [-0.2, 0) is 33.7 Å². The minimum Gasteiger partial charge on any atom is -0.455 e. The standard InChI is InChI=1S/C28H46N3O9PS2/c1-5-8-11-17-26(39-7-3)31(43(37,38)25-20-18-23(19-21-25)30(34)35)41(36,42-22-14-9-6-2)29(4)27(32)28(33)40-24-15-12-10-13-16-24/h18-21,24,26H,5-17,22H2,1-4H3. The SMILES string of the molecule is CCCCCSP(=O)(N(C)C(=O)C(=O)OC1CCCCC1)N(C(CCCCC)OCC)S(=O)(=O)c1ccc([N+](=O)[O-])cc1. The number of unbranched alkanes of at least 4 members (excludes halogenated alkanes) is 4. The molecule has 15 heteroatoms. The van der Waals surface area contributed by atoms with Gasteiger partial charge in [0.2, 0.25) is 0 Å². The highest BCUT2D eigenvalue weighted by atomic mass is 32.7. The molecule has 0 aromatic heterocycles. The first-order valence-corrected chi connectivity index (χ1v) is 19.7. The molecule has 2 rings (SSSR count). The van der Waals surface area contributed by atoms with Crippen molar-refractivity contribution in [3.63, 3.8) is 0 Å². The fourth-order valence-electron chi connectivity index (χ4n) is 4.76. The van der Waals surface area contributed by atoms with Crippen LogP contribution < -0.4 is 0 Å². The van der Waals surface area contributed by atoms with Gasteiger partial charge in [-0.05, 0) is 64.0 Å². The number of hydrogen-bond donors (Lipinski definition) is 0. The van der Waals surface area contributed by atoms with Gasteiger partial charge in [-0.1, -0.05) is 61.4 Å². The van der Waals surface area contributed by atoms with E-state index in [1.807, 2.05) is 13.8 Å². The molecule has 0 spiro atoms. The molecule has 1 aromatic rings. The summed E-state index contributed by atoms with van der Waals surface area (Å²) < 4.78 is 56.7. The first-order valence-electron chi connectivity index (χ1n) is 15.1. The molecule has 1 aromatic carbocycles. The summed E-state index contributed by atoms with van der Waals surface area (Å²) in [4.78, 5) is 36.8. The Bertz CT molecular complexity index is 1210. The number of amides is 1. The van der Waals surface area contributed by atoms with Crippen LogP contribution in [0.5, 0.6) is 0 Å². The lowest BCUT2D eigenvalue weighted by Gasteiger charge is -2.39. The fourth-order valence-corrected chi connectivity index (χ4v) is 13.3. The van der Waals surface area contributed by atoms with Gasteiger partial charge >= 0.3 is 18.5 Å². The summed E-state index contributed by atoms with van der Waals surface area (Å²) in [6, 6.07) is 4.24. The van der Waals surface area contributed by atoms with E-state index >= 15 is 4.57 Å². The number of non-ortho nitro benzene ring substituents is 1. The van der Waals surface area contributed by atoms with E-state index in [9.17, 15) is 28.1 Å². The van der Waals surface area contributed by atoms with Gasteiger partial charge in [-0.3, -0.25) is 24.1 Å². The Hall–Kier alpha value is -1.99. The van der Waals surface area contributed by atoms with Gasteiger partial charge in [0.1, 0.15) is 12.3 Å². The van der Waals surface area contributed by atoms with Gasteiger partial charge in [-0.15, -0.1) is 0 Å². The number of esters is 1. The molecular formula is C28H46N3O9PS2. The normalized spacial score (nSPS) is 16.4. The maximum Gasteiger partial charge on any atom is 0.397 e. The van der Waals surface area contributed by atoms with Crippen molar-refractivity contribution in [1.82, 2.24) is 8.75 Å². The number of rotatable bonds is 18. The maximum atomic E-state index is 15.2. The molecule has 1 aliphatic carbocycles. The van der Waals surface area contributed by atoms with Gasteiger partial charge in [-0.25, -0.2) is 13.2 Å². The van der Waals surface area contributed by atoms with Crippen LogP contribution in [-0.4, -0.2) is 65.7 Å². The Morgan fingerprint density at radius 3 is 2.21 bits per heavy atom. The van der Waals surface area contributed by atoms with Gasteiger partial charge in [0, 0.05) is 31.5 Å². The monoisotopic (exact) mass is 663 g/mol. The third kappa shape index (κ3) is 10.3. The number of nitrogens with zero attached hydrogens (tertiary/aromatic N) is 3. The zero-order chi connectivity index (χ0) is 32.0. The third-order valence-electron chi connectivity index (χ3n) is 7.18. The van der Waals surface area contributed by atoms with E-state index in [4.69, 9.17) is 9.47 Å². The highest BCUT2D eigenvalue weighted by molar-refractivity contribution is 8.57. The van der Waals surface area contributed by atoms with Crippen molar-refractivity contribution >= 4 is 45.6 Å². The second-order valence-corrected chi connectivity index (χ2v) is 17.4. The number of sulfonamides is 1. The Morgan fingerprint density at radius 2 is 1.65 bits per heavy atom. The van der Waals surface area contributed by atoms with Crippen LogP contribution in [0.1, 0.15) is 97.8 Å². The zero-order valence-electron chi connectivity index (χ0n) is 25.6. The minimum absolute atomic E-state index is 0.0883. The lowest BCUT2D eigenvalue weighted by Crippen LogP contribution is -2.45. The number of nitro benzene ring substituents is 1. The molecule has 0 saturated heterocycles. The topological polar surface area (TPSA) is 153 Å². The number of carbonyl (C=O) groups excluding carboxylic acids is 2. The zero-order valence-corrected chi connectivity index (χ0v) is 28.2. The van der Waals surface area contributed by atoms with E-state index in [1.54, 1.807) is 6.92 Å². The highest BCUT2D eigenvalue weighted by Gasteiger charge is 2.51. The van der Waals surface area contributed by atoms with Crippen LogP contribution in [0, 0.1) is 10.1 Å². The summed E-state index contributed by atoms with van der Waals surface area (Å²) in [7, 11) is -3.52. The molecule has 43 heavy (non-hydrogen) atoms. The number of likely N-dealkylation sites (N-methyl/N-ethyl adjacent to an activating group) is 1. The summed E-state index contributed by atoms with van der Waals surface area (Å²) in [5, 5.41) is 11.2. The molecule has 0 heterocycles. The number of nitro groups is 1. The Kier molecular flexibility index (Phi) is 15.7. The third-order valence-corrected chi connectivity index (χ3v) is 15.7. The van der Waals surface area contributed by atoms with Crippen molar-refractivity contribution in [2.24, 2.45) is 0 Å². The molecule has 2 atom stereocenters. The molecule has 1 fully saturated rings. The van der Waals surface area contributed by atoms with E-state index in [1.165, 1.54) is 0 Å². The van der Waals surface area contributed by atoms with Crippen molar-refractivity contribution in [1.29, 1.82) is 0 Å². The second-order valence-electron chi connectivity index (χ2n) is 10.5. The second kappa shape index (κ2) is 18.1. The van der Waals surface area contributed by atoms with Crippen molar-refractivity contribution < 1.29 is 37.0 Å². The van der Waals surface area contributed by atoms with Gasteiger partial charge in [0.15, 0.2) is 0 Å². The number of carbonyl (C=O) groups is 2. The molecular weight excluding hydrogens is 617 g/mol. The molecule has 0 radical (unpaired) electrons. The van der Waals surface area contributed by atoms with Crippen LogP contribution in [0.15, 0.2) is 29.2 Å². The van der Waals surface area contributed by atoms with Crippen LogP contribution in [0.25, 0.3) is 0 Å². The van der Waals surface area contributed by atoms with Crippen LogP contribution >= 0.6 is 18.0 Å². The largest absolute Gasteiger partial charge is 0.455 e. The van der Waals surface area contributed by atoms with Crippen LogP contribution in [0.3, 0.4) is 0 Å². The average molecular weight is 664 g/mol. The predicted molar refractivity (Wildman–Crippen MR) is 167 cm³/mol. The van der Waals surface area contributed by atoms with Crippen LogP contribution in [0.4, 0.5) is 5.69 Å². The Balaban J connectivity index is 2.65. The predicted octanol–water partition coefficient (Wildman–Crippen LogP) is 6.89. The number of hydrogen-bond acceptors (Lipinski definition) is 10. The highest BCUT2D eigenvalue weighted by Crippen LogP contribution is 2.67. The van der Waals surface area contributed by atoms with E-state index in [0.29, 0.717) is 30.4 Å². The molecule has 12 nitrogen and oxygen atoms in total. The summed E-state index contributed by atoms with van der Waals surface area (Å²) >= 11 is 0.806. The lowest BCUT2D eigenvalue weighted by molar-refractivity contribution is -0.384. The summed E-state index contributed by atoms with van der Waals surface area (Å²) in [5.41, 5.74) is -0.315. The molecule has 0 bridgehead atoms. The van der Waals surface area contributed by atoms with E-state index in [2.05, 4.69) is 0 Å². The first kappa shape index (κ1) is 37.2. The Morgan fingerprint density at radius 1 is 1.05 bits per heavy atom. The smallest absolute Gasteiger partial charge is 0.397 e. The minimum atomic E-state index is -4.68. The Labute approximate surface area is 259 Å². The quantitative estimate of drug-likeness (QED) is 0.0308. The molecule has 1 aliphatic rings. The maximum absolute atomic E-state index is 15.2. The molecule has 1 saturated carbocycles. The molecule has 2 unspecified atom stereocenters. The van der Waals surface area contributed by atoms with Crippen LogP contribution in [0.2, 0.25) is 0 Å². The molecule has 0 N–H and O–H groups in total. The van der Waals surface area contributed by atoms with Crippen molar-refractivity contribution in [3.05, 3.63) is 34.4 Å². The van der Waals surface area contributed by atoms with Gasteiger partial charge in [0.25, 0.3) is 15.7 Å². The van der Waals surface area contributed by atoms with Gasteiger partial charge in [-0.2, -0.15) is 0 Å². The van der Waals surface area contributed by atoms with Gasteiger partial charge < -0.3 is 9.47 Å². The molecule has 244 valence electrons. The van der Waals surface area contributed by atoms with E-state index in [0.717, 1.165) is 91.7 Å². The van der Waals surface area contributed by atoms with E-state index < -0.39 is 45.8 Å². The summed E-state index contributed by atoms with van der Waals surface area (Å²) in [6.45, 7) is 1.26. The van der Waals surface area contributed by atoms with Crippen molar-refractivity contribution in [2.45, 2.75) is 115 Å². The summed E-state index contributed by atoms with van der Waals surface area (Å²) in [5.74, 6) is -2.14. The van der Waals surface area contributed by atoms with Crippen molar-refractivity contribution in [3.8, 4) is 0 Å². The number of benzene rings is 1. The number of ether oxygens (including phenoxy) is 2. The molecule has 1 amide bonds. The lowest BCUT2D eigenvalue weighted by atomic mass is 9.98.